The van der Waals surface area contributed by atoms with Gasteiger partial charge in [0, 0.05) is 22.0 Å². The second kappa shape index (κ2) is 7.29. The zero-order valence-corrected chi connectivity index (χ0v) is 12.9. The lowest BCUT2D eigenvalue weighted by Gasteiger charge is -2.15. The molecule has 22 heavy (non-hydrogen) atoms. The van der Waals surface area contributed by atoms with Gasteiger partial charge in [-0.05, 0) is 42.0 Å². The second-order valence-electron chi connectivity index (χ2n) is 4.70. The standard InChI is InChI=1S/C16H13Cl2NO3/c17-12-5-1-10(2-6-12)9-14(16(21)22)19-15(20)11-3-7-13(18)8-4-11/h1-8,14H,9H2,(H,19,20)(H,21,22)/t14-/m0/s1. The minimum atomic E-state index is -1.10. The van der Waals surface area contributed by atoms with E-state index >= 15 is 0 Å². The first-order chi connectivity index (χ1) is 10.5. The Morgan fingerprint density at radius 1 is 0.955 bits per heavy atom. The highest BCUT2D eigenvalue weighted by Crippen LogP contribution is 2.12. The van der Waals surface area contributed by atoms with Crippen LogP contribution in [-0.4, -0.2) is 23.0 Å². The van der Waals surface area contributed by atoms with Crippen LogP contribution in [0, 0.1) is 0 Å². The van der Waals surface area contributed by atoms with E-state index in [1.165, 1.54) is 0 Å². The summed E-state index contributed by atoms with van der Waals surface area (Å²) in [6.07, 6.45) is 0.172. The van der Waals surface area contributed by atoms with Crippen molar-refractivity contribution in [2.75, 3.05) is 0 Å². The van der Waals surface area contributed by atoms with Crippen molar-refractivity contribution in [2.24, 2.45) is 0 Å². The largest absolute Gasteiger partial charge is 0.480 e. The highest BCUT2D eigenvalue weighted by molar-refractivity contribution is 6.30. The van der Waals surface area contributed by atoms with Gasteiger partial charge in [-0.3, -0.25) is 4.79 Å². The molecule has 0 radical (unpaired) electrons. The van der Waals surface area contributed by atoms with Crippen LogP contribution in [0.1, 0.15) is 15.9 Å². The minimum Gasteiger partial charge on any atom is -0.480 e. The van der Waals surface area contributed by atoms with E-state index in [9.17, 15) is 14.7 Å². The molecule has 0 fully saturated rings. The molecule has 114 valence electrons. The van der Waals surface area contributed by atoms with Crippen LogP contribution in [0.15, 0.2) is 48.5 Å². The third-order valence-electron chi connectivity index (χ3n) is 3.06. The fraction of sp³-hybridized carbons (Fsp3) is 0.125. The summed E-state index contributed by atoms with van der Waals surface area (Å²) in [4.78, 5) is 23.4. The molecule has 0 saturated carbocycles. The van der Waals surface area contributed by atoms with Gasteiger partial charge in [-0.2, -0.15) is 0 Å². The fourth-order valence-corrected chi connectivity index (χ4v) is 2.15. The molecule has 1 amide bonds. The smallest absolute Gasteiger partial charge is 0.326 e. The Kier molecular flexibility index (Phi) is 5.41. The van der Waals surface area contributed by atoms with Gasteiger partial charge in [0.15, 0.2) is 0 Å². The zero-order chi connectivity index (χ0) is 16.1. The van der Waals surface area contributed by atoms with Gasteiger partial charge in [0.05, 0.1) is 0 Å². The Hall–Kier alpha value is -2.04. The number of carbonyl (C=O) groups is 2. The van der Waals surface area contributed by atoms with Crippen LogP contribution in [0.2, 0.25) is 10.0 Å². The normalized spacial score (nSPS) is 11.7. The summed E-state index contributed by atoms with van der Waals surface area (Å²) in [7, 11) is 0. The van der Waals surface area contributed by atoms with Crippen LogP contribution < -0.4 is 5.32 Å². The quantitative estimate of drug-likeness (QED) is 0.878. The van der Waals surface area contributed by atoms with Gasteiger partial charge >= 0.3 is 5.97 Å². The Bertz CT molecular complexity index is 669. The summed E-state index contributed by atoms with van der Waals surface area (Å²) < 4.78 is 0. The Morgan fingerprint density at radius 2 is 1.45 bits per heavy atom. The predicted octanol–water partition coefficient (Wildman–Crippen LogP) is 3.42. The fourth-order valence-electron chi connectivity index (χ4n) is 1.90. The predicted molar refractivity (Wildman–Crippen MR) is 85.5 cm³/mol. The van der Waals surface area contributed by atoms with Crippen molar-refractivity contribution in [3.63, 3.8) is 0 Å². The van der Waals surface area contributed by atoms with Gasteiger partial charge < -0.3 is 10.4 Å². The third-order valence-corrected chi connectivity index (χ3v) is 3.57. The summed E-state index contributed by atoms with van der Waals surface area (Å²) in [5.74, 6) is -1.56. The van der Waals surface area contributed by atoms with Gasteiger partial charge in [-0.1, -0.05) is 35.3 Å². The van der Waals surface area contributed by atoms with Crippen molar-refractivity contribution in [1.82, 2.24) is 5.32 Å². The van der Waals surface area contributed by atoms with Crippen LogP contribution in [-0.2, 0) is 11.2 Å². The van der Waals surface area contributed by atoms with E-state index in [4.69, 9.17) is 23.2 Å². The number of aliphatic carboxylic acids is 1. The first kappa shape index (κ1) is 16.3. The number of carboxylic acids is 1. The third kappa shape index (κ3) is 4.48. The van der Waals surface area contributed by atoms with Crippen LogP contribution in [0.5, 0.6) is 0 Å². The summed E-state index contributed by atoms with van der Waals surface area (Å²) in [5.41, 5.74) is 1.12. The SMILES string of the molecule is O=C(N[C@@H](Cc1ccc(Cl)cc1)C(=O)O)c1ccc(Cl)cc1. The maximum absolute atomic E-state index is 12.1. The summed E-state index contributed by atoms with van der Waals surface area (Å²) in [5, 5.41) is 12.8. The van der Waals surface area contributed by atoms with Gasteiger partial charge in [-0.15, -0.1) is 0 Å². The highest BCUT2D eigenvalue weighted by Gasteiger charge is 2.21. The van der Waals surface area contributed by atoms with Crippen molar-refractivity contribution >= 4 is 35.1 Å². The van der Waals surface area contributed by atoms with E-state index in [0.717, 1.165) is 5.56 Å². The molecular weight excluding hydrogens is 325 g/mol. The monoisotopic (exact) mass is 337 g/mol. The van der Waals surface area contributed by atoms with Gasteiger partial charge in [0.25, 0.3) is 5.91 Å². The molecule has 0 heterocycles. The molecule has 2 N–H and O–H groups in total. The summed E-state index contributed by atoms with van der Waals surface area (Å²) in [6, 6.07) is 12.0. The van der Waals surface area contributed by atoms with Gasteiger partial charge in [0.1, 0.15) is 6.04 Å². The second-order valence-corrected chi connectivity index (χ2v) is 5.57. The molecule has 0 saturated heterocycles. The lowest BCUT2D eigenvalue weighted by atomic mass is 10.1. The maximum atomic E-state index is 12.1. The van der Waals surface area contributed by atoms with Crippen molar-refractivity contribution in [3.8, 4) is 0 Å². The van der Waals surface area contributed by atoms with E-state index in [-0.39, 0.29) is 6.42 Å². The van der Waals surface area contributed by atoms with Crippen molar-refractivity contribution < 1.29 is 14.7 Å². The van der Waals surface area contributed by atoms with Crippen molar-refractivity contribution in [3.05, 3.63) is 69.7 Å². The van der Waals surface area contributed by atoms with E-state index < -0.39 is 17.9 Å². The first-order valence-electron chi connectivity index (χ1n) is 6.49. The number of benzene rings is 2. The lowest BCUT2D eigenvalue weighted by molar-refractivity contribution is -0.139. The first-order valence-corrected chi connectivity index (χ1v) is 7.25. The number of hydrogen-bond donors (Lipinski definition) is 2. The number of carboxylic acid groups (broad SMARTS) is 1. The summed E-state index contributed by atoms with van der Waals surface area (Å²) in [6.45, 7) is 0. The molecule has 2 aromatic carbocycles. The number of rotatable bonds is 5. The molecule has 2 rings (SSSR count). The molecule has 1 atom stereocenters. The topological polar surface area (TPSA) is 66.4 Å². The van der Waals surface area contributed by atoms with E-state index in [1.807, 2.05) is 0 Å². The molecule has 0 aliphatic rings. The average Bonchev–Trinajstić information content (AvgIpc) is 2.49. The minimum absolute atomic E-state index is 0.172. The van der Waals surface area contributed by atoms with Gasteiger partial charge in [0.2, 0.25) is 0 Å². The number of amides is 1. The summed E-state index contributed by atoms with van der Waals surface area (Å²) >= 11 is 11.5. The number of carbonyl (C=O) groups excluding carboxylic acids is 1. The molecule has 2 aromatic rings. The molecule has 0 aliphatic heterocycles. The maximum Gasteiger partial charge on any atom is 0.326 e. The molecule has 0 aliphatic carbocycles. The van der Waals surface area contributed by atoms with E-state index in [0.29, 0.717) is 15.6 Å². The van der Waals surface area contributed by atoms with E-state index in [1.54, 1.807) is 48.5 Å². The molecule has 4 nitrogen and oxygen atoms in total. The molecule has 0 aromatic heterocycles. The van der Waals surface area contributed by atoms with Crippen LogP contribution >= 0.6 is 23.2 Å². The van der Waals surface area contributed by atoms with Crippen molar-refractivity contribution in [1.29, 1.82) is 0 Å². The zero-order valence-electron chi connectivity index (χ0n) is 11.4. The van der Waals surface area contributed by atoms with E-state index in [2.05, 4.69) is 5.32 Å². The lowest BCUT2D eigenvalue weighted by Crippen LogP contribution is -2.42. The Labute approximate surface area is 137 Å². The van der Waals surface area contributed by atoms with Crippen LogP contribution in [0.25, 0.3) is 0 Å². The average molecular weight is 338 g/mol. The van der Waals surface area contributed by atoms with Gasteiger partial charge in [-0.25, -0.2) is 4.79 Å². The number of nitrogens with one attached hydrogen (secondary N) is 1. The molecule has 0 unspecified atom stereocenters. The molecule has 0 spiro atoms. The van der Waals surface area contributed by atoms with Crippen LogP contribution in [0.4, 0.5) is 0 Å². The Morgan fingerprint density at radius 3 is 1.95 bits per heavy atom. The molecule has 6 heteroatoms. The van der Waals surface area contributed by atoms with Crippen LogP contribution in [0.3, 0.4) is 0 Å². The Balaban J connectivity index is 2.08. The number of hydrogen-bond acceptors (Lipinski definition) is 2. The van der Waals surface area contributed by atoms with Crippen molar-refractivity contribution in [2.45, 2.75) is 12.5 Å². The molecule has 0 bridgehead atoms. The number of halogens is 2. The molecular formula is C16H13Cl2NO3. The highest BCUT2D eigenvalue weighted by atomic mass is 35.5.